The number of piperazine rings is 1. The monoisotopic (exact) mass is 458 g/mol. The Bertz CT molecular complexity index is 1060. The van der Waals surface area contributed by atoms with Gasteiger partial charge in [-0.05, 0) is 24.3 Å². The molecule has 1 amide bonds. The molecule has 0 saturated carbocycles. The van der Waals surface area contributed by atoms with E-state index in [1.807, 2.05) is 0 Å². The van der Waals surface area contributed by atoms with Crippen molar-refractivity contribution in [3.05, 3.63) is 65.7 Å². The molecule has 0 spiro atoms. The van der Waals surface area contributed by atoms with Crippen LogP contribution in [0, 0.1) is 11.6 Å². The van der Waals surface area contributed by atoms with Crippen LogP contribution >= 0.6 is 0 Å². The lowest BCUT2D eigenvalue weighted by Gasteiger charge is -2.33. The first-order valence-electron chi connectivity index (χ1n) is 9.15. The number of sulfonamides is 1. The summed E-state index contributed by atoms with van der Waals surface area (Å²) in [6, 6.07) is 8.71. The second-order valence-corrected chi connectivity index (χ2v) is 8.40. The normalized spacial score (nSPS) is 15.6. The van der Waals surface area contributed by atoms with Crippen LogP contribution < -0.4 is 4.74 Å². The van der Waals surface area contributed by atoms with Crippen molar-refractivity contribution in [3.63, 3.8) is 0 Å². The number of benzene rings is 2. The Morgan fingerprint density at radius 3 is 2.19 bits per heavy atom. The van der Waals surface area contributed by atoms with Crippen LogP contribution in [0.4, 0.5) is 17.6 Å². The molecule has 0 atom stereocenters. The Morgan fingerprint density at radius 2 is 1.58 bits per heavy atom. The van der Waals surface area contributed by atoms with E-state index in [1.165, 1.54) is 29.2 Å². The number of ether oxygens (including phenoxy) is 1. The molecule has 0 aromatic heterocycles. The molecule has 1 saturated heterocycles. The van der Waals surface area contributed by atoms with Crippen LogP contribution in [0.2, 0.25) is 0 Å². The largest absolute Gasteiger partial charge is 0.434 e. The van der Waals surface area contributed by atoms with Crippen LogP contribution in [-0.2, 0) is 14.8 Å². The highest BCUT2D eigenvalue weighted by atomic mass is 32.2. The maximum atomic E-state index is 13.9. The fourth-order valence-electron chi connectivity index (χ4n) is 3.09. The standard InChI is InChI=1S/C20H18F4N2O4S/c21-15-5-3-6-16(22)19(15)31(28,29)26-12-10-25(11-13-26)18(27)9-8-14-4-1-2-7-17(14)30-20(23)24/h1-9,20H,10-13H2/b9-8+. The molecule has 0 aliphatic carbocycles. The van der Waals surface area contributed by atoms with E-state index in [1.54, 1.807) is 6.07 Å². The van der Waals surface area contributed by atoms with Gasteiger partial charge in [0.05, 0.1) is 0 Å². The molecule has 0 bridgehead atoms. The number of carbonyl (C=O) groups excluding carboxylic acids is 1. The summed E-state index contributed by atoms with van der Waals surface area (Å²) in [5.41, 5.74) is 0.271. The van der Waals surface area contributed by atoms with E-state index in [4.69, 9.17) is 0 Å². The van der Waals surface area contributed by atoms with E-state index in [9.17, 15) is 30.8 Å². The van der Waals surface area contributed by atoms with E-state index < -0.39 is 39.1 Å². The lowest BCUT2D eigenvalue weighted by molar-refractivity contribution is -0.127. The van der Waals surface area contributed by atoms with Crippen LogP contribution in [0.15, 0.2) is 53.4 Å². The quantitative estimate of drug-likeness (QED) is 0.493. The van der Waals surface area contributed by atoms with Gasteiger partial charge in [0.15, 0.2) is 4.90 Å². The third-order valence-corrected chi connectivity index (χ3v) is 6.56. The van der Waals surface area contributed by atoms with E-state index in [2.05, 4.69) is 4.74 Å². The Hall–Kier alpha value is -2.92. The Labute approximate surface area is 176 Å². The maximum absolute atomic E-state index is 13.9. The maximum Gasteiger partial charge on any atom is 0.387 e. The van der Waals surface area contributed by atoms with Gasteiger partial charge < -0.3 is 9.64 Å². The van der Waals surface area contributed by atoms with Crippen molar-refractivity contribution in [2.75, 3.05) is 26.2 Å². The van der Waals surface area contributed by atoms with Gasteiger partial charge in [0.25, 0.3) is 0 Å². The number of hydrogen-bond acceptors (Lipinski definition) is 4. The lowest BCUT2D eigenvalue weighted by atomic mass is 10.2. The van der Waals surface area contributed by atoms with Crippen molar-refractivity contribution in [3.8, 4) is 5.75 Å². The number of rotatable bonds is 6. The summed E-state index contributed by atoms with van der Waals surface area (Å²) in [6.45, 7) is -3.33. The van der Waals surface area contributed by atoms with Gasteiger partial charge in [-0.3, -0.25) is 4.79 Å². The molecule has 1 aliphatic rings. The SMILES string of the molecule is O=C(/C=C/c1ccccc1OC(F)F)N1CCN(S(=O)(=O)c2c(F)cccc2F)CC1. The first-order chi connectivity index (χ1) is 14.7. The van der Waals surface area contributed by atoms with Crippen molar-refractivity contribution < 1.29 is 35.5 Å². The summed E-state index contributed by atoms with van der Waals surface area (Å²) in [4.78, 5) is 12.7. The summed E-state index contributed by atoms with van der Waals surface area (Å²) in [6.07, 6.45) is 2.48. The van der Waals surface area contributed by atoms with E-state index in [-0.39, 0.29) is 37.5 Å². The van der Waals surface area contributed by atoms with Crippen molar-refractivity contribution >= 4 is 22.0 Å². The molecule has 31 heavy (non-hydrogen) atoms. The number of alkyl halides is 2. The molecule has 0 radical (unpaired) electrons. The Kier molecular flexibility index (Phi) is 6.96. The third-order valence-electron chi connectivity index (χ3n) is 4.61. The van der Waals surface area contributed by atoms with Crippen LogP contribution in [0.5, 0.6) is 5.75 Å². The molecule has 1 fully saturated rings. The highest BCUT2D eigenvalue weighted by molar-refractivity contribution is 7.89. The van der Waals surface area contributed by atoms with Crippen LogP contribution in [0.3, 0.4) is 0 Å². The highest BCUT2D eigenvalue weighted by Crippen LogP contribution is 2.24. The van der Waals surface area contributed by atoms with Gasteiger partial charge in [0.2, 0.25) is 15.9 Å². The summed E-state index contributed by atoms with van der Waals surface area (Å²) < 4.78 is 83.2. The Balaban J connectivity index is 1.66. The molecule has 1 aliphatic heterocycles. The van der Waals surface area contributed by atoms with Crippen molar-refractivity contribution in [1.29, 1.82) is 0 Å². The predicted molar refractivity (Wildman–Crippen MR) is 104 cm³/mol. The highest BCUT2D eigenvalue weighted by Gasteiger charge is 2.33. The second kappa shape index (κ2) is 9.48. The molecule has 166 valence electrons. The summed E-state index contributed by atoms with van der Waals surface area (Å²) in [7, 11) is -4.41. The van der Waals surface area contributed by atoms with Crippen LogP contribution in [0.25, 0.3) is 6.08 Å². The van der Waals surface area contributed by atoms with E-state index in [0.29, 0.717) is 0 Å². The average Bonchev–Trinajstić information content (AvgIpc) is 2.72. The Morgan fingerprint density at radius 1 is 0.968 bits per heavy atom. The van der Waals surface area contributed by atoms with E-state index >= 15 is 0 Å². The third kappa shape index (κ3) is 5.23. The topological polar surface area (TPSA) is 66.9 Å². The molecule has 11 heteroatoms. The number of halogens is 4. The zero-order valence-electron chi connectivity index (χ0n) is 16.0. The van der Waals surface area contributed by atoms with Gasteiger partial charge in [-0.1, -0.05) is 24.3 Å². The van der Waals surface area contributed by atoms with Gasteiger partial charge in [0.1, 0.15) is 17.4 Å². The first-order valence-corrected chi connectivity index (χ1v) is 10.6. The molecule has 1 heterocycles. The zero-order chi connectivity index (χ0) is 22.6. The van der Waals surface area contributed by atoms with Crippen LogP contribution in [0.1, 0.15) is 5.56 Å². The second-order valence-electron chi connectivity index (χ2n) is 6.53. The van der Waals surface area contributed by atoms with Gasteiger partial charge >= 0.3 is 6.61 Å². The van der Waals surface area contributed by atoms with Crippen molar-refractivity contribution in [2.45, 2.75) is 11.5 Å². The van der Waals surface area contributed by atoms with E-state index in [0.717, 1.165) is 28.6 Å². The minimum absolute atomic E-state index is 0.00629. The molecule has 2 aromatic carbocycles. The number of carbonyl (C=O) groups is 1. The predicted octanol–water partition coefficient (Wildman–Crippen LogP) is 3.11. The minimum Gasteiger partial charge on any atom is -0.434 e. The number of amides is 1. The van der Waals surface area contributed by atoms with Gasteiger partial charge in [-0.2, -0.15) is 13.1 Å². The van der Waals surface area contributed by atoms with Gasteiger partial charge in [-0.25, -0.2) is 17.2 Å². The molecular formula is C20H18F4N2O4S. The molecule has 0 N–H and O–H groups in total. The summed E-state index contributed by atoms with van der Waals surface area (Å²) in [5, 5.41) is 0. The average molecular weight is 458 g/mol. The van der Waals surface area contributed by atoms with Gasteiger partial charge in [0, 0.05) is 37.8 Å². The summed E-state index contributed by atoms with van der Waals surface area (Å²) >= 11 is 0. The fraction of sp³-hybridized carbons (Fsp3) is 0.250. The number of para-hydroxylation sites is 1. The first kappa shape index (κ1) is 22.8. The minimum atomic E-state index is -4.41. The molecular weight excluding hydrogens is 440 g/mol. The van der Waals surface area contributed by atoms with Crippen molar-refractivity contribution in [1.82, 2.24) is 9.21 Å². The van der Waals surface area contributed by atoms with Crippen LogP contribution in [-0.4, -0.2) is 56.3 Å². The summed E-state index contributed by atoms with van der Waals surface area (Å²) in [5.74, 6) is -2.94. The van der Waals surface area contributed by atoms with Crippen molar-refractivity contribution in [2.24, 2.45) is 0 Å². The smallest absolute Gasteiger partial charge is 0.387 e. The molecule has 0 unspecified atom stereocenters. The molecule has 3 rings (SSSR count). The number of hydrogen-bond donors (Lipinski definition) is 0. The molecule has 2 aromatic rings. The lowest BCUT2D eigenvalue weighted by Crippen LogP contribution is -2.50. The fourth-order valence-corrected chi connectivity index (χ4v) is 4.63. The van der Waals surface area contributed by atoms with Gasteiger partial charge in [-0.15, -0.1) is 0 Å². The molecule has 6 nitrogen and oxygen atoms in total. The zero-order valence-corrected chi connectivity index (χ0v) is 16.9. The number of nitrogens with zero attached hydrogens (tertiary/aromatic N) is 2.